The van der Waals surface area contributed by atoms with Gasteiger partial charge >= 0.3 is 0 Å². The van der Waals surface area contributed by atoms with E-state index in [1.807, 2.05) is 54.0 Å². The molecule has 0 spiro atoms. The molecule has 0 amide bonds. The summed E-state index contributed by atoms with van der Waals surface area (Å²) in [7, 11) is 3.22. The Kier molecular flexibility index (Phi) is 6.87. The molecule has 0 atom stereocenters. The van der Waals surface area contributed by atoms with Crippen molar-refractivity contribution in [3.63, 3.8) is 0 Å². The highest BCUT2D eigenvalue weighted by atomic mass is 35.5. The van der Waals surface area contributed by atoms with Crippen molar-refractivity contribution < 1.29 is 13.9 Å². The van der Waals surface area contributed by atoms with Crippen LogP contribution in [0.15, 0.2) is 53.1 Å². The van der Waals surface area contributed by atoms with Crippen LogP contribution in [0.1, 0.15) is 11.5 Å². The summed E-state index contributed by atoms with van der Waals surface area (Å²) in [5.41, 5.74) is 1.64. The predicted molar refractivity (Wildman–Crippen MR) is 126 cm³/mol. The Hall–Kier alpha value is -3.17. The van der Waals surface area contributed by atoms with Gasteiger partial charge in [0.1, 0.15) is 22.9 Å². The number of para-hydroxylation sites is 1. The molecule has 166 valence electrons. The van der Waals surface area contributed by atoms with Crippen LogP contribution in [0.3, 0.4) is 0 Å². The van der Waals surface area contributed by atoms with Gasteiger partial charge in [-0.3, -0.25) is 14.3 Å². The summed E-state index contributed by atoms with van der Waals surface area (Å²) in [5.74, 6) is 4.42. The van der Waals surface area contributed by atoms with E-state index in [0.29, 0.717) is 39.7 Å². The molecule has 3 heterocycles. The largest absolute Gasteiger partial charge is 0.494 e. The van der Waals surface area contributed by atoms with Gasteiger partial charge in [0, 0.05) is 24.1 Å². The van der Waals surface area contributed by atoms with Crippen LogP contribution in [0, 0.1) is 6.92 Å². The Labute approximate surface area is 195 Å². The van der Waals surface area contributed by atoms with Gasteiger partial charge in [0.25, 0.3) is 0 Å². The summed E-state index contributed by atoms with van der Waals surface area (Å²) in [6.45, 7) is 1.88. The Bertz CT molecular complexity index is 1170. The van der Waals surface area contributed by atoms with Gasteiger partial charge in [-0.25, -0.2) is 0 Å². The fourth-order valence-electron chi connectivity index (χ4n) is 3.15. The number of hydrogen-bond acceptors (Lipinski definition) is 8. The number of aryl methyl sites for hydroxylation is 2. The Morgan fingerprint density at radius 1 is 1.06 bits per heavy atom. The quantitative estimate of drug-likeness (QED) is 0.263. The summed E-state index contributed by atoms with van der Waals surface area (Å²) in [6, 6.07) is 13.1. The Balaban J connectivity index is 1.65. The van der Waals surface area contributed by atoms with Gasteiger partial charge in [0.05, 0.1) is 19.2 Å². The Morgan fingerprint density at radius 3 is 2.47 bits per heavy atom. The molecule has 0 saturated heterocycles. The van der Waals surface area contributed by atoms with Crippen LogP contribution in [0.5, 0.6) is 11.5 Å². The van der Waals surface area contributed by atoms with Crippen LogP contribution in [-0.2, 0) is 6.42 Å². The van der Waals surface area contributed by atoms with Gasteiger partial charge in [-0.2, -0.15) is 0 Å². The number of furan rings is 1. The number of nitrogens with one attached hydrogen (secondary N) is 1. The van der Waals surface area contributed by atoms with Crippen molar-refractivity contribution in [1.29, 1.82) is 0 Å². The number of hydrogen-bond donors (Lipinski definition) is 1. The van der Waals surface area contributed by atoms with Crippen molar-refractivity contribution in [2.75, 3.05) is 24.7 Å². The van der Waals surface area contributed by atoms with Crippen molar-refractivity contribution in [1.82, 2.24) is 19.7 Å². The van der Waals surface area contributed by atoms with Crippen LogP contribution in [-0.4, -0.2) is 39.7 Å². The molecule has 0 unspecified atom stereocenters. The van der Waals surface area contributed by atoms with Crippen molar-refractivity contribution in [2.24, 2.45) is 0 Å². The fourth-order valence-corrected chi connectivity index (χ4v) is 3.94. The van der Waals surface area contributed by atoms with Crippen LogP contribution >= 0.6 is 23.5 Å². The summed E-state index contributed by atoms with van der Waals surface area (Å²) >= 11 is 7.40. The topological polar surface area (TPSA) is 87.2 Å². The second kappa shape index (κ2) is 9.97. The molecular weight excluding hydrogens is 450 g/mol. The molecule has 1 aromatic carbocycles. The molecule has 8 nitrogen and oxygen atoms in total. The van der Waals surface area contributed by atoms with Crippen LogP contribution < -0.4 is 14.2 Å². The molecule has 0 aliphatic heterocycles. The smallest absolute Gasteiger partial charge is 0.239 e. The van der Waals surface area contributed by atoms with Gasteiger partial charge in [0.2, 0.25) is 11.8 Å². The minimum Gasteiger partial charge on any atom is -0.494 e. The maximum Gasteiger partial charge on any atom is 0.239 e. The number of pyridine rings is 1. The molecule has 4 aromatic rings. The third-order valence-corrected chi connectivity index (χ3v) is 5.62. The maximum atomic E-state index is 5.91. The first kappa shape index (κ1) is 22.0. The molecule has 4 rings (SSSR count). The molecule has 0 saturated carbocycles. The van der Waals surface area contributed by atoms with E-state index in [4.69, 9.17) is 25.5 Å². The molecule has 0 radical (unpaired) electrons. The van der Waals surface area contributed by atoms with Crippen LogP contribution in [0.25, 0.3) is 17.3 Å². The normalized spacial score (nSPS) is 10.9. The molecule has 0 aliphatic carbocycles. The van der Waals surface area contributed by atoms with E-state index in [0.717, 1.165) is 23.6 Å². The summed E-state index contributed by atoms with van der Waals surface area (Å²) in [6.07, 6.45) is 2.42. The van der Waals surface area contributed by atoms with Gasteiger partial charge in [0.15, 0.2) is 5.76 Å². The molecule has 10 heteroatoms. The first-order chi connectivity index (χ1) is 15.6. The average molecular weight is 472 g/mol. The lowest BCUT2D eigenvalue weighted by atomic mass is 10.2. The van der Waals surface area contributed by atoms with Gasteiger partial charge in [-0.1, -0.05) is 17.7 Å². The molecule has 3 aromatic heterocycles. The summed E-state index contributed by atoms with van der Waals surface area (Å²) < 4.78 is 22.2. The van der Waals surface area contributed by atoms with Crippen molar-refractivity contribution in [3.05, 3.63) is 65.1 Å². The molecular formula is C22H22ClN5O3S. The van der Waals surface area contributed by atoms with E-state index in [2.05, 4.69) is 19.9 Å². The van der Waals surface area contributed by atoms with E-state index in [1.54, 1.807) is 20.4 Å². The third-order valence-electron chi connectivity index (χ3n) is 4.66. The number of anilines is 1. The molecule has 0 fully saturated rings. The molecule has 32 heavy (non-hydrogen) atoms. The lowest BCUT2D eigenvalue weighted by molar-refractivity contribution is 0.391. The number of aromatic nitrogens is 4. The number of halogens is 1. The first-order valence-corrected chi connectivity index (χ1v) is 11.2. The zero-order valence-electron chi connectivity index (χ0n) is 17.8. The lowest BCUT2D eigenvalue weighted by Crippen LogP contribution is -2.07. The van der Waals surface area contributed by atoms with Crippen molar-refractivity contribution in [2.45, 2.75) is 13.3 Å². The number of rotatable bonds is 9. The van der Waals surface area contributed by atoms with Crippen molar-refractivity contribution in [3.8, 4) is 28.8 Å². The molecule has 0 bridgehead atoms. The summed E-state index contributed by atoms with van der Waals surface area (Å²) in [4.78, 5) is 4.33. The second-order valence-corrected chi connectivity index (χ2v) is 8.11. The molecule has 1 N–H and O–H groups in total. The first-order valence-electron chi connectivity index (χ1n) is 9.82. The van der Waals surface area contributed by atoms with Crippen LogP contribution in [0.2, 0.25) is 5.02 Å². The monoisotopic (exact) mass is 471 g/mol. The molecule has 0 aliphatic rings. The summed E-state index contributed by atoms with van der Waals surface area (Å²) in [5, 5.41) is 9.36. The highest BCUT2D eigenvalue weighted by Gasteiger charge is 2.23. The van der Waals surface area contributed by atoms with Gasteiger partial charge < -0.3 is 13.9 Å². The van der Waals surface area contributed by atoms with E-state index in [-0.39, 0.29) is 0 Å². The van der Waals surface area contributed by atoms with E-state index in [9.17, 15) is 0 Å². The Morgan fingerprint density at radius 2 is 1.84 bits per heavy atom. The highest BCUT2D eigenvalue weighted by molar-refractivity contribution is 8.00. The minimum absolute atomic E-state index is 0.519. The van der Waals surface area contributed by atoms with Crippen molar-refractivity contribution >= 4 is 29.5 Å². The maximum absolute atomic E-state index is 5.91. The number of methoxy groups -OCH3 is 2. The predicted octanol–water partition coefficient (Wildman–Crippen LogP) is 5.20. The number of nitrogens with zero attached hydrogens (tertiary/aromatic N) is 4. The number of benzene rings is 1. The fraction of sp³-hybridized carbons (Fsp3) is 0.227. The standard InChI is InChI=1S/C22H22ClN5O3S/c1-14-7-10-19(31-14)21-25-26-22(27-32-12-11-16-9-8-15(23)13-24-16)28(21)20-17(29-2)5-4-6-18(20)30-3/h4-10,13H,11-12H2,1-3H3,(H,26,27). The third kappa shape index (κ3) is 4.68. The zero-order valence-corrected chi connectivity index (χ0v) is 19.4. The van der Waals surface area contributed by atoms with E-state index in [1.165, 1.54) is 11.9 Å². The number of ether oxygens (including phenoxy) is 2. The highest BCUT2D eigenvalue weighted by Crippen LogP contribution is 2.38. The minimum atomic E-state index is 0.519. The SMILES string of the molecule is COc1cccc(OC)c1-n1c(NSCCc2ccc(Cl)cn2)nnc1-c1ccc(C)o1. The lowest BCUT2D eigenvalue weighted by Gasteiger charge is -2.16. The second-order valence-electron chi connectivity index (χ2n) is 6.77. The van der Waals surface area contributed by atoms with E-state index < -0.39 is 0 Å². The average Bonchev–Trinajstić information content (AvgIpc) is 3.43. The van der Waals surface area contributed by atoms with Crippen LogP contribution in [0.4, 0.5) is 5.95 Å². The van der Waals surface area contributed by atoms with Gasteiger partial charge in [-0.15, -0.1) is 10.2 Å². The van der Waals surface area contributed by atoms with E-state index >= 15 is 0 Å². The zero-order chi connectivity index (χ0) is 22.5. The van der Waals surface area contributed by atoms with Gasteiger partial charge in [-0.05, 0) is 55.3 Å².